The molecule has 1 nitrogen and oxygen atoms in total. The Labute approximate surface area is 89.3 Å². The van der Waals surface area contributed by atoms with Crippen LogP contribution in [0.1, 0.15) is 12.0 Å². The summed E-state index contributed by atoms with van der Waals surface area (Å²) in [7, 11) is 0. The van der Waals surface area contributed by atoms with Gasteiger partial charge in [0.1, 0.15) is 0 Å². The lowest BCUT2D eigenvalue weighted by Gasteiger charge is -2.03. The standard InChI is InChI=1S/C12H14ClN/c1-10-3-4-11-5-8-14(7-2-6-13)12(11)9-10/h3-5,8-9H,2,6-7H2,1H3. The Morgan fingerprint density at radius 1 is 1.29 bits per heavy atom. The lowest BCUT2D eigenvalue weighted by molar-refractivity contribution is 0.707. The molecule has 0 unspecified atom stereocenters. The van der Waals surface area contributed by atoms with Gasteiger partial charge in [0.25, 0.3) is 0 Å². The minimum atomic E-state index is 0.728. The fourth-order valence-corrected chi connectivity index (χ4v) is 1.84. The first kappa shape index (κ1) is 9.60. The van der Waals surface area contributed by atoms with Crippen LogP contribution in [0.5, 0.6) is 0 Å². The molecule has 0 saturated heterocycles. The van der Waals surface area contributed by atoms with E-state index in [-0.39, 0.29) is 0 Å². The summed E-state index contributed by atoms with van der Waals surface area (Å²) in [5, 5.41) is 1.31. The second-order valence-electron chi connectivity index (χ2n) is 3.61. The highest BCUT2D eigenvalue weighted by Crippen LogP contribution is 2.17. The number of alkyl halides is 1. The van der Waals surface area contributed by atoms with Gasteiger partial charge in [-0.05, 0) is 36.4 Å². The summed E-state index contributed by atoms with van der Waals surface area (Å²) in [6, 6.07) is 8.70. The first-order chi connectivity index (χ1) is 6.81. The van der Waals surface area contributed by atoms with Gasteiger partial charge in [-0.25, -0.2) is 0 Å². The minimum absolute atomic E-state index is 0.728. The summed E-state index contributed by atoms with van der Waals surface area (Å²) in [6.45, 7) is 3.13. The van der Waals surface area contributed by atoms with E-state index < -0.39 is 0 Å². The Balaban J connectivity index is 2.40. The third kappa shape index (κ3) is 1.78. The molecule has 14 heavy (non-hydrogen) atoms. The van der Waals surface area contributed by atoms with Gasteiger partial charge in [-0.2, -0.15) is 0 Å². The topological polar surface area (TPSA) is 4.93 Å². The van der Waals surface area contributed by atoms with Gasteiger partial charge in [0, 0.05) is 24.1 Å². The molecule has 1 heterocycles. The number of halogens is 1. The summed E-state index contributed by atoms with van der Waals surface area (Å²) in [5.74, 6) is 0.728. The molecule has 2 aromatic rings. The number of hydrogen-bond donors (Lipinski definition) is 0. The van der Waals surface area contributed by atoms with E-state index in [1.54, 1.807) is 0 Å². The van der Waals surface area contributed by atoms with Crippen LogP contribution in [-0.2, 0) is 6.54 Å². The van der Waals surface area contributed by atoms with Gasteiger partial charge in [-0.1, -0.05) is 12.1 Å². The van der Waals surface area contributed by atoms with Crippen molar-refractivity contribution < 1.29 is 0 Å². The average Bonchev–Trinajstić information content (AvgIpc) is 2.57. The summed E-state index contributed by atoms with van der Waals surface area (Å²) in [5.41, 5.74) is 2.62. The predicted molar refractivity (Wildman–Crippen MR) is 62.0 cm³/mol. The maximum atomic E-state index is 5.69. The molecule has 74 valence electrons. The van der Waals surface area contributed by atoms with E-state index in [1.807, 2.05) is 0 Å². The molecule has 0 saturated carbocycles. The summed E-state index contributed by atoms with van der Waals surface area (Å²) >= 11 is 5.69. The van der Waals surface area contributed by atoms with Gasteiger partial charge in [0.15, 0.2) is 0 Å². The van der Waals surface area contributed by atoms with Crippen LogP contribution in [0.3, 0.4) is 0 Å². The Hall–Kier alpha value is -0.950. The van der Waals surface area contributed by atoms with Crippen LogP contribution in [0, 0.1) is 6.92 Å². The summed E-state index contributed by atoms with van der Waals surface area (Å²) in [6.07, 6.45) is 3.16. The average molecular weight is 208 g/mol. The van der Waals surface area contributed by atoms with Crippen LogP contribution in [-0.4, -0.2) is 10.4 Å². The predicted octanol–water partition coefficient (Wildman–Crippen LogP) is 3.58. The number of aryl methyl sites for hydroxylation is 2. The maximum Gasteiger partial charge on any atom is 0.0482 e. The van der Waals surface area contributed by atoms with Crippen molar-refractivity contribution in [2.24, 2.45) is 0 Å². The van der Waals surface area contributed by atoms with Gasteiger partial charge >= 0.3 is 0 Å². The van der Waals surface area contributed by atoms with Crippen molar-refractivity contribution in [3.05, 3.63) is 36.0 Å². The van der Waals surface area contributed by atoms with Crippen LogP contribution in [0.2, 0.25) is 0 Å². The highest BCUT2D eigenvalue weighted by atomic mass is 35.5. The smallest absolute Gasteiger partial charge is 0.0482 e. The second kappa shape index (κ2) is 4.05. The van der Waals surface area contributed by atoms with Crippen LogP contribution in [0.15, 0.2) is 30.5 Å². The summed E-state index contributed by atoms with van der Waals surface area (Å²) in [4.78, 5) is 0. The van der Waals surface area contributed by atoms with E-state index in [0.29, 0.717) is 0 Å². The number of hydrogen-bond acceptors (Lipinski definition) is 0. The van der Waals surface area contributed by atoms with Crippen LogP contribution >= 0.6 is 11.6 Å². The fraction of sp³-hybridized carbons (Fsp3) is 0.333. The second-order valence-corrected chi connectivity index (χ2v) is 3.99. The van der Waals surface area contributed by atoms with Crippen molar-refractivity contribution in [2.75, 3.05) is 5.88 Å². The van der Waals surface area contributed by atoms with E-state index in [2.05, 4.69) is 42.0 Å². The number of aromatic nitrogens is 1. The molecule has 1 aromatic heterocycles. The molecule has 0 bridgehead atoms. The van der Waals surface area contributed by atoms with Crippen molar-refractivity contribution in [3.8, 4) is 0 Å². The molecule has 0 N–H and O–H groups in total. The monoisotopic (exact) mass is 207 g/mol. The largest absolute Gasteiger partial charge is 0.347 e. The molecule has 2 rings (SSSR count). The molecular formula is C12H14ClN. The van der Waals surface area contributed by atoms with E-state index in [1.165, 1.54) is 16.5 Å². The third-order valence-electron chi connectivity index (χ3n) is 2.46. The summed E-state index contributed by atoms with van der Waals surface area (Å²) < 4.78 is 2.27. The highest BCUT2D eigenvalue weighted by Gasteiger charge is 1.99. The number of rotatable bonds is 3. The normalized spacial score (nSPS) is 11.0. The zero-order valence-corrected chi connectivity index (χ0v) is 9.09. The van der Waals surface area contributed by atoms with E-state index in [0.717, 1.165) is 18.8 Å². The quantitative estimate of drug-likeness (QED) is 0.678. The molecule has 2 heteroatoms. The Morgan fingerprint density at radius 3 is 2.93 bits per heavy atom. The molecular weight excluding hydrogens is 194 g/mol. The highest BCUT2D eigenvalue weighted by molar-refractivity contribution is 6.17. The zero-order valence-electron chi connectivity index (χ0n) is 8.33. The van der Waals surface area contributed by atoms with Gasteiger partial charge in [0.2, 0.25) is 0 Å². The minimum Gasteiger partial charge on any atom is -0.347 e. The number of fused-ring (bicyclic) bond motifs is 1. The molecule has 0 spiro atoms. The van der Waals surface area contributed by atoms with Crippen molar-refractivity contribution in [2.45, 2.75) is 19.9 Å². The van der Waals surface area contributed by atoms with Gasteiger partial charge < -0.3 is 4.57 Å². The first-order valence-electron chi connectivity index (χ1n) is 4.93. The third-order valence-corrected chi connectivity index (χ3v) is 2.73. The van der Waals surface area contributed by atoms with Crippen molar-refractivity contribution in [3.63, 3.8) is 0 Å². The zero-order chi connectivity index (χ0) is 9.97. The van der Waals surface area contributed by atoms with Crippen LogP contribution < -0.4 is 0 Å². The Morgan fingerprint density at radius 2 is 2.14 bits per heavy atom. The molecule has 1 aromatic carbocycles. The number of benzene rings is 1. The van der Waals surface area contributed by atoms with E-state index >= 15 is 0 Å². The first-order valence-corrected chi connectivity index (χ1v) is 5.46. The fourth-order valence-electron chi connectivity index (χ4n) is 1.72. The van der Waals surface area contributed by atoms with Gasteiger partial charge in [-0.15, -0.1) is 11.6 Å². The van der Waals surface area contributed by atoms with Crippen molar-refractivity contribution >= 4 is 22.5 Å². The van der Waals surface area contributed by atoms with Gasteiger partial charge in [0.05, 0.1) is 0 Å². The molecule has 0 atom stereocenters. The van der Waals surface area contributed by atoms with Gasteiger partial charge in [-0.3, -0.25) is 0 Å². The molecule has 0 amide bonds. The lowest BCUT2D eigenvalue weighted by atomic mass is 10.2. The molecule has 0 aliphatic rings. The van der Waals surface area contributed by atoms with Crippen LogP contribution in [0.4, 0.5) is 0 Å². The van der Waals surface area contributed by atoms with E-state index in [4.69, 9.17) is 11.6 Å². The molecule has 0 aliphatic heterocycles. The lowest BCUT2D eigenvalue weighted by Crippen LogP contribution is -1.96. The molecule has 0 radical (unpaired) electrons. The molecule has 0 fully saturated rings. The van der Waals surface area contributed by atoms with Crippen LogP contribution in [0.25, 0.3) is 10.9 Å². The Bertz CT molecular complexity index is 431. The van der Waals surface area contributed by atoms with Crippen molar-refractivity contribution in [1.29, 1.82) is 0 Å². The van der Waals surface area contributed by atoms with Crippen molar-refractivity contribution in [1.82, 2.24) is 4.57 Å². The van der Waals surface area contributed by atoms with E-state index in [9.17, 15) is 0 Å². The maximum absolute atomic E-state index is 5.69. The Kier molecular flexibility index (Phi) is 2.78. The number of nitrogens with zero attached hydrogens (tertiary/aromatic N) is 1. The molecule has 0 aliphatic carbocycles. The SMILES string of the molecule is Cc1ccc2ccn(CCCCl)c2c1.